The van der Waals surface area contributed by atoms with Crippen molar-refractivity contribution in [1.82, 2.24) is 20.0 Å². The van der Waals surface area contributed by atoms with Crippen LogP contribution >= 0.6 is 0 Å². The Morgan fingerprint density at radius 2 is 1.83 bits per heavy atom. The number of rotatable bonds is 8. The summed E-state index contributed by atoms with van der Waals surface area (Å²) in [5.74, 6) is 0.684. The highest BCUT2D eigenvalue weighted by Gasteiger charge is 2.17. The van der Waals surface area contributed by atoms with Crippen LogP contribution in [0.3, 0.4) is 0 Å². The molecule has 6 heteroatoms. The topological polar surface area (TPSA) is 59.4 Å². The van der Waals surface area contributed by atoms with Crippen LogP contribution in [0.1, 0.15) is 47.2 Å². The molecule has 6 nitrogen and oxygen atoms in total. The second-order valence-electron chi connectivity index (χ2n) is 8.31. The summed E-state index contributed by atoms with van der Waals surface area (Å²) in [5, 5.41) is 7.39. The number of ether oxygens (including phenoxy) is 1. The third-order valence-corrected chi connectivity index (χ3v) is 6.05. The Labute approximate surface area is 173 Å². The lowest BCUT2D eigenvalue weighted by Crippen LogP contribution is -2.35. The maximum Gasteiger partial charge on any atom is 0.254 e. The number of hydrogen-bond donors (Lipinski definition) is 1. The van der Waals surface area contributed by atoms with Crippen molar-refractivity contribution >= 4 is 5.91 Å². The van der Waals surface area contributed by atoms with E-state index in [0.717, 1.165) is 51.7 Å². The van der Waals surface area contributed by atoms with E-state index in [-0.39, 0.29) is 5.91 Å². The molecule has 0 atom stereocenters. The molecule has 0 spiro atoms. The van der Waals surface area contributed by atoms with Gasteiger partial charge in [0.2, 0.25) is 0 Å². The molecule has 156 valence electrons. The minimum atomic E-state index is -0.0355. The molecule has 0 bridgehead atoms. The van der Waals surface area contributed by atoms with Crippen molar-refractivity contribution in [2.75, 3.05) is 32.8 Å². The van der Waals surface area contributed by atoms with Crippen LogP contribution < -0.4 is 5.32 Å². The van der Waals surface area contributed by atoms with Gasteiger partial charge in [0.25, 0.3) is 5.91 Å². The molecule has 1 aromatic heterocycles. The fourth-order valence-corrected chi connectivity index (χ4v) is 4.29. The van der Waals surface area contributed by atoms with Gasteiger partial charge in [0, 0.05) is 38.9 Å². The molecular formula is C23H32N4O2. The number of carbonyl (C=O) groups is 1. The van der Waals surface area contributed by atoms with Crippen LogP contribution in [-0.4, -0.2) is 53.4 Å². The third kappa shape index (κ3) is 5.90. The van der Waals surface area contributed by atoms with E-state index in [9.17, 15) is 4.79 Å². The molecule has 2 aromatic rings. The minimum absolute atomic E-state index is 0.0355. The number of benzene rings is 1. The van der Waals surface area contributed by atoms with E-state index in [1.165, 1.54) is 36.8 Å². The predicted molar refractivity (Wildman–Crippen MR) is 113 cm³/mol. The predicted octanol–water partition coefficient (Wildman–Crippen LogP) is 2.88. The fourth-order valence-electron chi connectivity index (χ4n) is 4.29. The number of nitrogens with zero attached hydrogens (tertiary/aromatic N) is 3. The maximum absolute atomic E-state index is 12.4. The first-order chi connectivity index (χ1) is 14.3. The molecule has 1 amide bonds. The summed E-state index contributed by atoms with van der Waals surface area (Å²) in [6.07, 6.45) is 9.62. The number of nitrogens with one attached hydrogen (secondary N) is 1. The van der Waals surface area contributed by atoms with Crippen LogP contribution in [-0.2, 0) is 24.2 Å². The van der Waals surface area contributed by atoms with Crippen molar-refractivity contribution in [2.45, 2.75) is 45.2 Å². The summed E-state index contributed by atoms with van der Waals surface area (Å²) in [7, 11) is 0. The van der Waals surface area contributed by atoms with Gasteiger partial charge >= 0.3 is 0 Å². The van der Waals surface area contributed by atoms with Gasteiger partial charge in [-0.25, -0.2) is 0 Å². The van der Waals surface area contributed by atoms with Crippen molar-refractivity contribution in [1.29, 1.82) is 0 Å². The van der Waals surface area contributed by atoms with Crippen LogP contribution in [0.2, 0.25) is 0 Å². The van der Waals surface area contributed by atoms with Crippen molar-refractivity contribution < 1.29 is 9.53 Å². The highest BCUT2D eigenvalue weighted by Crippen LogP contribution is 2.25. The quantitative estimate of drug-likeness (QED) is 0.745. The van der Waals surface area contributed by atoms with Crippen molar-refractivity contribution in [3.8, 4) is 0 Å². The number of amides is 1. The van der Waals surface area contributed by atoms with Gasteiger partial charge in [-0.05, 0) is 36.3 Å². The lowest BCUT2D eigenvalue weighted by Gasteiger charge is -2.26. The lowest BCUT2D eigenvalue weighted by atomic mass is 10.1. The van der Waals surface area contributed by atoms with Crippen LogP contribution in [0, 0.1) is 5.92 Å². The van der Waals surface area contributed by atoms with Gasteiger partial charge < -0.3 is 10.1 Å². The molecule has 0 radical (unpaired) electrons. The standard InChI is InChI=1S/C23H32N4O2/c28-23(22-15-25-27(18-22)17-20-3-1-2-4-20)24-10-9-19-5-7-21(8-6-19)16-26-11-13-29-14-12-26/h5-8,15,18,20H,1-4,9-14,16-17H2,(H,24,28). The second kappa shape index (κ2) is 10.0. The summed E-state index contributed by atoms with van der Waals surface area (Å²) >= 11 is 0. The van der Waals surface area contributed by atoms with E-state index in [1.54, 1.807) is 6.20 Å². The van der Waals surface area contributed by atoms with Crippen molar-refractivity contribution in [2.24, 2.45) is 5.92 Å². The van der Waals surface area contributed by atoms with E-state index >= 15 is 0 Å². The summed E-state index contributed by atoms with van der Waals surface area (Å²) in [4.78, 5) is 14.8. The van der Waals surface area contributed by atoms with E-state index in [4.69, 9.17) is 4.74 Å². The molecule has 2 fully saturated rings. The van der Waals surface area contributed by atoms with E-state index in [2.05, 4.69) is 39.6 Å². The zero-order chi connectivity index (χ0) is 19.9. The molecule has 1 aliphatic carbocycles. The van der Waals surface area contributed by atoms with E-state index < -0.39 is 0 Å². The Kier molecular flexibility index (Phi) is 6.96. The smallest absolute Gasteiger partial charge is 0.254 e. The molecule has 1 N–H and O–H groups in total. The van der Waals surface area contributed by atoms with E-state index in [0.29, 0.717) is 12.1 Å². The first-order valence-corrected chi connectivity index (χ1v) is 10.9. The molecule has 1 aromatic carbocycles. The zero-order valence-corrected chi connectivity index (χ0v) is 17.2. The number of aromatic nitrogens is 2. The van der Waals surface area contributed by atoms with Crippen LogP contribution in [0.5, 0.6) is 0 Å². The van der Waals surface area contributed by atoms with Gasteiger partial charge in [-0.3, -0.25) is 14.4 Å². The van der Waals surface area contributed by atoms with Gasteiger partial charge in [0.1, 0.15) is 0 Å². The van der Waals surface area contributed by atoms with Crippen molar-refractivity contribution in [3.63, 3.8) is 0 Å². The monoisotopic (exact) mass is 396 g/mol. The molecule has 29 heavy (non-hydrogen) atoms. The second-order valence-corrected chi connectivity index (χ2v) is 8.31. The summed E-state index contributed by atoms with van der Waals surface area (Å²) in [6, 6.07) is 8.72. The Bertz CT molecular complexity index is 774. The Hall–Kier alpha value is -2.18. The van der Waals surface area contributed by atoms with E-state index in [1.807, 2.05) is 10.9 Å². The summed E-state index contributed by atoms with van der Waals surface area (Å²) in [5.41, 5.74) is 3.23. The Morgan fingerprint density at radius 3 is 2.59 bits per heavy atom. The molecule has 1 saturated heterocycles. The zero-order valence-electron chi connectivity index (χ0n) is 17.2. The molecule has 4 rings (SSSR count). The Morgan fingerprint density at radius 1 is 1.10 bits per heavy atom. The van der Waals surface area contributed by atoms with Crippen LogP contribution in [0.15, 0.2) is 36.7 Å². The SMILES string of the molecule is O=C(NCCc1ccc(CN2CCOCC2)cc1)c1cnn(CC2CCCC2)c1. The molecule has 1 saturated carbocycles. The van der Waals surface area contributed by atoms with Gasteiger partial charge in [0.05, 0.1) is 25.0 Å². The van der Waals surface area contributed by atoms with Gasteiger partial charge in [-0.1, -0.05) is 37.1 Å². The average molecular weight is 397 g/mol. The minimum Gasteiger partial charge on any atom is -0.379 e. The summed E-state index contributed by atoms with van der Waals surface area (Å²) in [6.45, 7) is 6.22. The molecule has 2 heterocycles. The number of carbonyl (C=O) groups excluding carboxylic acids is 1. The Balaban J connectivity index is 1.19. The lowest BCUT2D eigenvalue weighted by molar-refractivity contribution is 0.0342. The highest BCUT2D eigenvalue weighted by molar-refractivity contribution is 5.93. The molecule has 2 aliphatic rings. The molecular weight excluding hydrogens is 364 g/mol. The van der Waals surface area contributed by atoms with Crippen molar-refractivity contribution in [3.05, 3.63) is 53.3 Å². The number of hydrogen-bond acceptors (Lipinski definition) is 4. The van der Waals surface area contributed by atoms with Gasteiger partial charge in [0.15, 0.2) is 0 Å². The first-order valence-electron chi connectivity index (χ1n) is 10.9. The normalized spacial score (nSPS) is 18.2. The highest BCUT2D eigenvalue weighted by atomic mass is 16.5. The third-order valence-electron chi connectivity index (χ3n) is 6.05. The van der Waals surface area contributed by atoms with Gasteiger partial charge in [-0.2, -0.15) is 5.10 Å². The first kappa shape index (κ1) is 20.1. The van der Waals surface area contributed by atoms with Crippen LogP contribution in [0.4, 0.5) is 0 Å². The average Bonchev–Trinajstić information content (AvgIpc) is 3.43. The fraction of sp³-hybridized carbons (Fsp3) is 0.565. The number of morpholine rings is 1. The van der Waals surface area contributed by atoms with Gasteiger partial charge in [-0.15, -0.1) is 0 Å². The largest absolute Gasteiger partial charge is 0.379 e. The summed E-state index contributed by atoms with van der Waals surface area (Å²) < 4.78 is 7.33. The maximum atomic E-state index is 12.4. The molecule has 0 unspecified atom stereocenters. The molecule has 1 aliphatic heterocycles. The van der Waals surface area contributed by atoms with Crippen LogP contribution in [0.25, 0.3) is 0 Å².